The van der Waals surface area contributed by atoms with Gasteiger partial charge in [0.1, 0.15) is 64.9 Å². The highest BCUT2D eigenvalue weighted by molar-refractivity contribution is 5.86. The number of aromatic hydroxyl groups is 3. The summed E-state index contributed by atoms with van der Waals surface area (Å²) in [6.45, 7) is 0. The van der Waals surface area contributed by atoms with Gasteiger partial charge in [0.05, 0.1) is 0 Å². The smallest absolute Gasteiger partial charge is 0.340 e. The number of rotatable bonds is 6. The van der Waals surface area contributed by atoms with Crippen molar-refractivity contribution < 1.29 is 84.0 Å². The highest BCUT2D eigenvalue weighted by Crippen LogP contribution is 2.35. The molecule has 10 unspecified atom stereocenters. The third-order valence-electron chi connectivity index (χ3n) is 7.14. The van der Waals surface area contributed by atoms with Crippen molar-refractivity contribution in [1.29, 1.82) is 0 Å². The van der Waals surface area contributed by atoms with Gasteiger partial charge in [-0.2, -0.15) is 0 Å². The number of phenolic OH excluding ortho intramolecular Hbond substituents is 3. The number of hydrogen-bond donors (Lipinski definition) is 10. The maximum Gasteiger partial charge on any atom is 0.340 e. The molecule has 2 saturated heterocycles. The number of esters is 1. The zero-order valence-corrected chi connectivity index (χ0v) is 22.5. The number of carbonyl (C=O) groups excluding carboxylic acids is 1. The van der Waals surface area contributed by atoms with Gasteiger partial charge in [-0.3, -0.25) is 4.79 Å². The molecule has 2 fully saturated rings. The summed E-state index contributed by atoms with van der Waals surface area (Å²) in [6, 6.07) is 6.59. The first kappa shape index (κ1) is 31.9. The van der Waals surface area contributed by atoms with Crippen LogP contribution >= 0.6 is 0 Å². The monoisotopic (exact) mass is 638 g/mol. The van der Waals surface area contributed by atoms with Gasteiger partial charge in [-0.25, -0.2) is 9.59 Å². The van der Waals surface area contributed by atoms with E-state index in [1.807, 2.05) is 0 Å². The first-order valence-electron chi connectivity index (χ1n) is 13.0. The van der Waals surface area contributed by atoms with E-state index in [0.29, 0.717) is 0 Å². The number of aliphatic hydroxyl groups excluding tert-OH is 6. The fraction of sp³-hybridized carbons (Fsp3) is 0.370. The average molecular weight is 638 g/mol. The van der Waals surface area contributed by atoms with Gasteiger partial charge in [-0.1, -0.05) is 0 Å². The van der Waals surface area contributed by atoms with Crippen molar-refractivity contribution in [2.24, 2.45) is 0 Å². The summed E-state index contributed by atoms with van der Waals surface area (Å²) in [7, 11) is 0. The number of carboxylic acid groups (broad SMARTS) is 1. The minimum Gasteiger partial charge on any atom is -0.507 e. The van der Waals surface area contributed by atoms with Crippen LogP contribution in [0.15, 0.2) is 45.6 Å². The summed E-state index contributed by atoms with van der Waals surface area (Å²) in [5.41, 5.74) is -0.810. The number of phenols is 3. The molecule has 2 aliphatic heterocycles. The van der Waals surface area contributed by atoms with Crippen LogP contribution in [0.5, 0.6) is 23.0 Å². The van der Waals surface area contributed by atoms with Gasteiger partial charge in [0, 0.05) is 23.8 Å². The Morgan fingerprint density at radius 2 is 1.31 bits per heavy atom. The van der Waals surface area contributed by atoms with Crippen molar-refractivity contribution in [3.8, 4) is 34.3 Å². The molecule has 45 heavy (non-hydrogen) atoms. The van der Waals surface area contributed by atoms with E-state index in [1.54, 1.807) is 0 Å². The second-order valence-electron chi connectivity index (χ2n) is 10.2. The Morgan fingerprint density at radius 3 is 1.96 bits per heavy atom. The fourth-order valence-electron chi connectivity index (χ4n) is 4.74. The lowest BCUT2D eigenvalue weighted by atomic mass is 9.98. The normalized spacial score (nSPS) is 31.8. The van der Waals surface area contributed by atoms with Crippen molar-refractivity contribution in [3.63, 3.8) is 0 Å². The van der Waals surface area contributed by atoms with Crippen molar-refractivity contribution in [1.82, 2.24) is 0 Å². The van der Waals surface area contributed by atoms with E-state index in [0.717, 1.165) is 30.3 Å². The lowest BCUT2D eigenvalue weighted by molar-refractivity contribution is -0.302. The zero-order chi connectivity index (χ0) is 32.9. The minimum absolute atomic E-state index is 0.0930. The number of ether oxygens (including phenoxy) is 4. The summed E-state index contributed by atoms with van der Waals surface area (Å²) in [6.07, 6.45) is -21.1. The highest BCUT2D eigenvalue weighted by Gasteiger charge is 2.52. The lowest BCUT2D eigenvalue weighted by Gasteiger charge is -2.41. The molecule has 3 heterocycles. The average Bonchev–Trinajstić information content (AvgIpc) is 2.98. The summed E-state index contributed by atoms with van der Waals surface area (Å²) < 4.78 is 26.2. The number of fused-ring (bicyclic) bond motifs is 1. The predicted octanol–water partition coefficient (Wildman–Crippen LogP) is -2.80. The molecule has 2 aliphatic rings. The SMILES string of the molecule is O=C(O)C1OC(OC(=O)C2OC(Oc3cc(O)c4c(=O)cc(-c5ccc(O)c(O)c5)oc4c3)C(O)C(O)C2O)C(O)C(O)C1O. The molecule has 0 bridgehead atoms. The third-order valence-corrected chi connectivity index (χ3v) is 7.14. The van der Waals surface area contributed by atoms with Gasteiger partial charge in [-0.15, -0.1) is 0 Å². The Hall–Kier alpha value is -4.53. The van der Waals surface area contributed by atoms with Crippen molar-refractivity contribution in [2.75, 3.05) is 0 Å². The Morgan fingerprint density at radius 1 is 0.689 bits per heavy atom. The van der Waals surface area contributed by atoms with E-state index in [1.165, 1.54) is 6.07 Å². The van der Waals surface area contributed by atoms with Crippen molar-refractivity contribution in [2.45, 2.75) is 61.4 Å². The number of benzene rings is 2. The maximum atomic E-state index is 12.9. The number of aliphatic carboxylic acids is 1. The number of carbonyl (C=O) groups is 2. The molecule has 5 rings (SSSR count). The summed E-state index contributed by atoms with van der Waals surface area (Å²) in [4.78, 5) is 36.9. The summed E-state index contributed by atoms with van der Waals surface area (Å²) in [5.74, 6) is -5.38. The van der Waals surface area contributed by atoms with Crippen LogP contribution in [0.3, 0.4) is 0 Å². The molecule has 0 radical (unpaired) electrons. The fourth-order valence-corrected chi connectivity index (χ4v) is 4.74. The molecular formula is C27H26O18. The van der Waals surface area contributed by atoms with Gasteiger partial charge in [0.2, 0.25) is 12.6 Å². The maximum absolute atomic E-state index is 12.9. The van der Waals surface area contributed by atoms with Crippen LogP contribution in [-0.4, -0.2) is 124 Å². The van der Waals surface area contributed by atoms with Crippen LogP contribution in [-0.2, 0) is 23.8 Å². The molecule has 18 nitrogen and oxygen atoms in total. The minimum atomic E-state index is -2.18. The second kappa shape index (κ2) is 12.1. The van der Waals surface area contributed by atoms with Crippen molar-refractivity contribution in [3.05, 3.63) is 46.6 Å². The van der Waals surface area contributed by atoms with E-state index in [2.05, 4.69) is 0 Å². The van der Waals surface area contributed by atoms with E-state index < -0.39 is 96.0 Å². The van der Waals surface area contributed by atoms with Crippen LogP contribution in [0.25, 0.3) is 22.3 Å². The van der Waals surface area contributed by atoms with E-state index >= 15 is 0 Å². The Bertz CT molecular complexity index is 1670. The summed E-state index contributed by atoms with van der Waals surface area (Å²) in [5, 5.41) is 99.8. The number of aliphatic hydroxyl groups is 6. The molecule has 0 spiro atoms. The molecule has 18 heteroatoms. The van der Waals surface area contributed by atoms with E-state index in [-0.39, 0.29) is 28.0 Å². The van der Waals surface area contributed by atoms with Crippen LogP contribution < -0.4 is 10.2 Å². The predicted molar refractivity (Wildman–Crippen MR) is 141 cm³/mol. The van der Waals surface area contributed by atoms with Crippen LogP contribution in [0, 0.1) is 0 Å². The first-order chi connectivity index (χ1) is 21.2. The Balaban J connectivity index is 1.39. The van der Waals surface area contributed by atoms with E-state index in [4.69, 9.17) is 28.5 Å². The molecule has 0 aliphatic carbocycles. The van der Waals surface area contributed by atoms with Gasteiger partial charge in [-0.05, 0) is 18.2 Å². The molecule has 0 amide bonds. The Labute approximate surface area is 249 Å². The quantitative estimate of drug-likeness (QED) is 0.0962. The largest absolute Gasteiger partial charge is 0.507 e. The molecular weight excluding hydrogens is 612 g/mol. The zero-order valence-electron chi connectivity index (χ0n) is 22.5. The van der Waals surface area contributed by atoms with Gasteiger partial charge in [0.25, 0.3) is 0 Å². The third kappa shape index (κ3) is 5.95. The molecule has 1 aromatic heterocycles. The van der Waals surface area contributed by atoms with Gasteiger partial charge < -0.3 is 74.4 Å². The van der Waals surface area contributed by atoms with Crippen molar-refractivity contribution >= 4 is 22.9 Å². The first-order valence-corrected chi connectivity index (χ1v) is 13.0. The highest BCUT2D eigenvalue weighted by atomic mass is 16.7. The summed E-state index contributed by atoms with van der Waals surface area (Å²) >= 11 is 0. The Kier molecular flexibility index (Phi) is 8.58. The van der Waals surface area contributed by atoms with Gasteiger partial charge >= 0.3 is 11.9 Å². The van der Waals surface area contributed by atoms with Gasteiger partial charge in [0.15, 0.2) is 29.1 Å². The molecule has 2 aromatic carbocycles. The van der Waals surface area contributed by atoms with E-state index in [9.17, 15) is 60.3 Å². The molecule has 3 aromatic rings. The van der Waals surface area contributed by atoms with Crippen LogP contribution in [0.4, 0.5) is 0 Å². The van der Waals surface area contributed by atoms with Crippen LogP contribution in [0.2, 0.25) is 0 Å². The lowest BCUT2D eigenvalue weighted by Crippen LogP contribution is -2.63. The molecule has 242 valence electrons. The second-order valence-corrected chi connectivity index (χ2v) is 10.2. The number of carboxylic acids is 1. The molecule has 10 N–H and O–H groups in total. The van der Waals surface area contributed by atoms with Crippen LogP contribution in [0.1, 0.15) is 0 Å². The topological polar surface area (TPSA) is 304 Å². The number of hydrogen-bond acceptors (Lipinski definition) is 17. The molecule has 10 atom stereocenters. The molecule has 0 saturated carbocycles. The standard InChI is InChI=1S/C27H26O18/c28-9-2-1-7(3-10(9)29)13-6-12(31)15-11(30)4-8(5-14(15)42-13)41-26-20(36)17(33)19(35)23(44-26)25(40)45-27-21(37)16(32)18(34)22(43-27)24(38)39/h1-6,16-23,26-30,32-37H,(H,38,39).